The van der Waals surface area contributed by atoms with Crippen molar-refractivity contribution >= 4 is 12.6 Å². The van der Waals surface area contributed by atoms with Crippen LogP contribution in [0.5, 0.6) is 0 Å². The van der Waals surface area contributed by atoms with Gasteiger partial charge in [-0.25, -0.2) is 0 Å². The monoisotopic (exact) mass is 209 g/mol. The Balaban J connectivity index is 2.66. The van der Waals surface area contributed by atoms with Gasteiger partial charge in [0.05, 0.1) is 24.0 Å². The summed E-state index contributed by atoms with van der Waals surface area (Å²) in [4.78, 5) is 0. The van der Waals surface area contributed by atoms with Crippen LogP contribution in [0, 0.1) is 0 Å². The number of hydrogen-bond donors (Lipinski definition) is 4. The highest BCUT2D eigenvalue weighted by atomic mass is 32.1. The van der Waals surface area contributed by atoms with Crippen molar-refractivity contribution in [2.75, 3.05) is 13.7 Å². The van der Waals surface area contributed by atoms with Crippen molar-refractivity contribution in [2.45, 2.75) is 29.8 Å². The molecule has 1 saturated heterocycles. The molecule has 0 saturated carbocycles. The maximum Gasteiger partial charge on any atom is 0.173 e. The summed E-state index contributed by atoms with van der Waals surface area (Å²) in [7, 11) is 1.46. The van der Waals surface area contributed by atoms with E-state index in [0.717, 1.165) is 0 Å². The predicted octanol–water partition coefficient (Wildman–Crippen LogP) is -1.66. The Kier molecular flexibility index (Phi) is 3.96. The number of nitrogens with two attached hydrogens (primary N) is 1. The van der Waals surface area contributed by atoms with Crippen LogP contribution in [0.1, 0.15) is 0 Å². The van der Waals surface area contributed by atoms with Crippen LogP contribution in [0.25, 0.3) is 0 Å². The summed E-state index contributed by atoms with van der Waals surface area (Å²) in [6.45, 7) is -0.273. The van der Waals surface area contributed by atoms with Gasteiger partial charge in [0.25, 0.3) is 0 Å². The zero-order chi connectivity index (χ0) is 10.0. The average molecular weight is 209 g/mol. The van der Waals surface area contributed by atoms with E-state index in [1.807, 2.05) is 0 Å². The summed E-state index contributed by atoms with van der Waals surface area (Å²) >= 11 is 4.13. The minimum Gasteiger partial charge on any atom is -0.394 e. The Labute approximate surface area is 82.2 Å². The van der Waals surface area contributed by atoms with Crippen LogP contribution in [0.15, 0.2) is 0 Å². The van der Waals surface area contributed by atoms with Gasteiger partial charge in [-0.2, -0.15) is 12.6 Å². The van der Waals surface area contributed by atoms with Crippen LogP contribution in [0.3, 0.4) is 0 Å². The van der Waals surface area contributed by atoms with Gasteiger partial charge in [-0.05, 0) is 0 Å². The zero-order valence-electron chi connectivity index (χ0n) is 7.33. The van der Waals surface area contributed by atoms with Gasteiger partial charge in [-0.1, -0.05) is 0 Å². The maximum absolute atomic E-state index is 9.52. The van der Waals surface area contributed by atoms with Crippen LogP contribution in [0.4, 0.5) is 0 Å². The van der Waals surface area contributed by atoms with Gasteiger partial charge in [0.2, 0.25) is 0 Å². The molecule has 1 rings (SSSR count). The third-order valence-corrected chi connectivity index (χ3v) is 2.81. The second-order valence-corrected chi connectivity index (χ2v) is 3.62. The summed E-state index contributed by atoms with van der Waals surface area (Å²) in [5, 5.41) is 17.9. The standard InChI is InChI=1S/C7H15NO4S/c1-11-7-4(8)6(13)5(10)3(2-9)12-7/h3-7,9-10,13H,2,8H2,1H3. The van der Waals surface area contributed by atoms with E-state index in [-0.39, 0.29) is 6.61 Å². The number of hydrogen-bond acceptors (Lipinski definition) is 6. The number of methoxy groups -OCH3 is 1. The largest absolute Gasteiger partial charge is 0.394 e. The number of ether oxygens (including phenoxy) is 2. The predicted molar refractivity (Wildman–Crippen MR) is 49.5 cm³/mol. The van der Waals surface area contributed by atoms with E-state index in [2.05, 4.69) is 12.6 Å². The first-order valence-electron chi connectivity index (χ1n) is 4.02. The summed E-state index contributed by atoms with van der Waals surface area (Å²) in [5.74, 6) is 0. The van der Waals surface area contributed by atoms with Crippen molar-refractivity contribution in [1.82, 2.24) is 0 Å². The molecule has 5 atom stereocenters. The third-order valence-electron chi connectivity index (χ3n) is 2.16. The first-order chi connectivity index (χ1) is 6.11. The lowest BCUT2D eigenvalue weighted by Crippen LogP contribution is -2.60. The Morgan fingerprint density at radius 2 is 2.23 bits per heavy atom. The van der Waals surface area contributed by atoms with Gasteiger partial charge in [0.1, 0.15) is 6.10 Å². The van der Waals surface area contributed by atoms with Crippen molar-refractivity contribution in [3.63, 3.8) is 0 Å². The van der Waals surface area contributed by atoms with Crippen molar-refractivity contribution in [3.05, 3.63) is 0 Å². The first-order valence-corrected chi connectivity index (χ1v) is 4.54. The summed E-state index contributed by atoms with van der Waals surface area (Å²) < 4.78 is 10.1. The Bertz CT molecular complexity index is 151. The average Bonchev–Trinajstić information content (AvgIpc) is 2.15. The smallest absolute Gasteiger partial charge is 0.173 e. The molecule has 1 fully saturated rings. The summed E-state index contributed by atoms with van der Waals surface area (Å²) in [6, 6.07) is -0.494. The zero-order valence-corrected chi connectivity index (χ0v) is 8.22. The molecule has 0 radical (unpaired) electrons. The lowest BCUT2D eigenvalue weighted by atomic mass is 10.0. The van der Waals surface area contributed by atoms with E-state index in [9.17, 15) is 5.11 Å². The molecule has 0 spiro atoms. The fourth-order valence-corrected chi connectivity index (χ4v) is 1.65. The van der Waals surface area contributed by atoms with Crippen LogP contribution in [-0.2, 0) is 9.47 Å². The lowest BCUT2D eigenvalue weighted by Gasteiger charge is -2.40. The molecule has 0 aromatic rings. The molecule has 1 aliphatic rings. The van der Waals surface area contributed by atoms with Gasteiger partial charge >= 0.3 is 0 Å². The topological polar surface area (TPSA) is 84.9 Å². The Morgan fingerprint density at radius 1 is 1.62 bits per heavy atom. The molecule has 0 aliphatic carbocycles. The van der Waals surface area contributed by atoms with Crippen LogP contribution in [-0.4, -0.2) is 53.7 Å². The van der Waals surface area contributed by atoms with E-state index in [1.165, 1.54) is 7.11 Å². The van der Waals surface area contributed by atoms with E-state index in [4.69, 9.17) is 20.3 Å². The molecule has 78 valence electrons. The molecule has 5 unspecified atom stereocenters. The van der Waals surface area contributed by atoms with Crippen LogP contribution < -0.4 is 5.73 Å². The molecule has 6 heteroatoms. The van der Waals surface area contributed by atoms with Gasteiger partial charge in [-0.15, -0.1) is 0 Å². The molecule has 0 bridgehead atoms. The van der Waals surface area contributed by atoms with Gasteiger partial charge < -0.3 is 25.4 Å². The number of thiol groups is 1. The lowest BCUT2D eigenvalue weighted by molar-refractivity contribution is -0.224. The SMILES string of the molecule is COC1OC(CO)C(O)C(S)C1N. The Hall–Kier alpha value is 0.150. The Morgan fingerprint density at radius 3 is 2.69 bits per heavy atom. The van der Waals surface area contributed by atoms with Crippen LogP contribution >= 0.6 is 12.6 Å². The van der Waals surface area contributed by atoms with Crippen molar-refractivity contribution < 1.29 is 19.7 Å². The molecule has 0 amide bonds. The molecule has 5 nitrogen and oxygen atoms in total. The van der Waals surface area contributed by atoms with E-state index in [0.29, 0.717) is 0 Å². The molecular weight excluding hydrogens is 194 g/mol. The van der Waals surface area contributed by atoms with Crippen molar-refractivity contribution in [2.24, 2.45) is 5.73 Å². The summed E-state index contributed by atoms with van der Waals surface area (Å²) in [6.07, 6.45) is -2.16. The molecule has 1 aliphatic heterocycles. The molecule has 4 N–H and O–H groups in total. The van der Waals surface area contributed by atoms with Gasteiger partial charge in [0.15, 0.2) is 6.29 Å². The second-order valence-electron chi connectivity index (χ2n) is 3.02. The van der Waals surface area contributed by atoms with E-state index in [1.54, 1.807) is 0 Å². The molecule has 0 aromatic heterocycles. The quantitative estimate of drug-likeness (QED) is 0.409. The fraction of sp³-hybridized carbons (Fsp3) is 1.00. The fourth-order valence-electron chi connectivity index (χ4n) is 1.32. The highest BCUT2D eigenvalue weighted by Gasteiger charge is 2.41. The second kappa shape index (κ2) is 4.59. The third kappa shape index (κ3) is 2.15. The highest BCUT2D eigenvalue weighted by Crippen LogP contribution is 2.23. The van der Waals surface area contributed by atoms with Crippen LogP contribution in [0.2, 0.25) is 0 Å². The van der Waals surface area contributed by atoms with Crippen molar-refractivity contribution in [3.8, 4) is 0 Å². The number of rotatable bonds is 2. The van der Waals surface area contributed by atoms with Gasteiger partial charge in [-0.3, -0.25) is 0 Å². The van der Waals surface area contributed by atoms with E-state index < -0.39 is 29.8 Å². The van der Waals surface area contributed by atoms with E-state index >= 15 is 0 Å². The van der Waals surface area contributed by atoms with Gasteiger partial charge in [0, 0.05) is 7.11 Å². The van der Waals surface area contributed by atoms with Crippen molar-refractivity contribution in [1.29, 1.82) is 0 Å². The first kappa shape index (κ1) is 11.2. The molecule has 0 aromatic carbocycles. The molecule has 13 heavy (non-hydrogen) atoms. The molecule has 1 heterocycles. The number of aliphatic hydroxyl groups is 2. The normalized spacial score (nSPS) is 46.4. The summed E-state index contributed by atoms with van der Waals surface area (Å²) in [5.41, 5.74) is 5.67. The minimum absolute atomic E-state index is 0.273. The number of aliphatic hydroxyl groups excluding tert-OH is 2. The minimum atomic E-state index is -0.866. The maximum atomic E-state index is 9.52. The highest BCUT2D eigenvalue weighted by molar-refractivity contribution is 7.81. The molecular formula is C7H15NO4S.